The number of anilines is 1. The highest BCUT2D eigenvalue weighted by Gasteiger charge is 2.46. The van der Waals surface area contributed by atoms with Crippen LogP contribution in [0.15, 0.2) is 71.7 Å². The summed E-state index contributed by atoms with van der Waals surface area (Å²) in [6.07, 6.45) is 1.95. The summed E-state index contributed by atoms with van der Waals surface area (Å²) in [5, 5.41) is 4.99. The number of aliphatic imine (C=N–C) groups is 1. The largest absolute Gasteiger partial charge is 0.326 e. The van der Waals surface area contributed by atoms with Gasteiger partial charge in [-0.15, -0.1) is 0 Å². The number of nitrogens with one attached hydrogen (secondary N) is 1. The predicted octanol–water partition coefficient (Wildman–Crippen LogP) is 5.10. The highest BCUT2D eigenvalue weighted by Crippen LogP contribution is 2.40. The monoisotopic (exact) mass is 433 g/mol. The van der Waals surface area contributed by atoms with Crippen LogP contribution in [0, 0.1) is 5.82 Å². The van der Waals surface area contributed by atoms with Crippen LogP contribution in [-0.4, -0.2) is 33.2 Å². The van der Waals surface area contributed by atoms with Gasteiger partial charge < -0.3 is 5.32 Å². The van der Waals surface area contributed by atoms with Gasteiger partial charge in [-0.3, -0.25) is 14.5 Å². The molecule has 7 heteroatoms. The van der Waals surface area contributed by atoms with Crippen molar-refractivity contribution in [3.8, 4) is 0 Å². The molecule has 1 aliphatic carbocycles. The average Bonchev–Trinajstić information content (AvgIpc) is 3.55. The highest BCUT2D eigenvalue weighted by molar-refractivity contribution is 8.15. The Kier molecular flexibility index (Phi) is 5.19. The number of fused-ring (bicyclic) bond motifs is 1. The molecule has 3 aromatic carbocycles. The zero-order valence-corrected chi connectivity index (χ0v) is 17.4. The molecule has 1 saturated heterocycles. The topological polar surface area (TPSA) is 61.8 Å². The number of nitrogens with zero attached hydrogens (tertiary/aromatic N) is 2. The first kappa shape index (κ1) is 19.8. The van der Waals surface area contributed by atoms with E-state index >= 15 is 0 Å². The zero-order chi connectivity index (χ0) is 21.4. The third-order valence-corrected chi connectivity index (χ3v) is 6.51. The first-order valence-corrected chi connectivity index (χ1v) is 11.1. The number of benzene rings is 3. The summed E-state index contributed by atoms with van der Waals surface area (Å²) in [5.41, 5.74) is 1.32. The van der Waals surface area contributed by atoms with Crippen molar-refractivity contribution in [2.24, 2.45) is 4.99 Å². The third-order valence-electron chi connectivity index (χ3n) is 5.36. The first-order chi connectivity index (χ1) is 15.1. The second-order valence-electron chi connectivity index (χ2n) is 7.70. The van der Waals surface area contributed by atoms with E-state index in [1.807, 2.05) is 42.5 Å². The Morgan fingerprint density at radius 1 is 1.06 bits per heavy atom. The van der Waals surface area contributed by atoms with Gasteiger partial charge in [-0.25, -0.2) is 9.38 Å². The molecule has 2 amide bonds. The number of hydrogen-bond acceptors (Lipinski definition) is 4. The van der Waals surface area contributed by atoms with Crippen molar-refractivity contribution in [3.05, 3.63) is 72.5 Å². The van der Waals surface area contributed by atoms with E-state index in [2.05, 4.69) is 5.32 Å². The summed E-state index contributed by atoms with van der Waals surface area (Å²) >= 11 is 1.35. The van der Waals surface area contributed by atoms with Crippen molar-refractivity contribution in [1.82, 2.24) is 4.90 Å². The van der Waals surface area contributed by atoms with Crippen LogP contribution >= 0.6 is 11.8 Å². The lowest BCUT2D eigenvalue weighted by molar-refractivity contribution is -0.128. The highest BCUT2D eigenvalue weighted by atomic mass is 32.2. The zero-order valence-electron chi connectivity index (χ0n) is 16.6. The molecule has 1 atom stereocenters. The maximum atomic E-state index is 13.1. The number of amides is 2. The summed E-state index contributed by atoms with van der Waals surface area (Å²) < 4.78 is 13.1. The van der Waals surface area contributed by atoms with E-state index in [0.717, 1.165) is 29.3 Å². The molecule has 1 N–H and O–H groups in total. The van der Waals surface area contributed by atoms with Crippen LogP contribution in [0.25, 0.3) is 10.8 Å². The number of hydrogen-bond donors (Lipinski definition) is 1. The number of amidine groups is 1. The van der Waals surface area contributed by atoms with Crippen LogP contribution in [0.2, 0.25) is 0 Å². The quantitative estimate of drug-likeness (QED) is 0.609. The normalized spacial score (nSPS) is 19.9. The lowest BCUT2D eigenvalue weighted by Crippen LogP contribution is -2.35. The van der Waals surface area contributed by atoms with Gasteiger partial charge in [0.1, 0.15) is 11.1 Å². The fourth-order valence-electron chi connectivity index (χ4n) is 3.68. The van der Waals surface area contributed by atoms with E-state index in [1.165, 1.54) is 36.0 Å². The molecule has 1 aliphatic heterocycles. The van der Waals surface area contributed by atoms with Crippen molar-refractivity contribution in [2.75, 3.05) is 5.32 Å². The molecule has 0 spiro atoms. The Morgan fingerprint density at radius 3 is 2.58 bits per heavy atom. The molecule has 1 unspecified atom stereocenters. The maximum absolute atomic E-state index is 13.1. The Balaban J connectivity index is 1.37. The summed E-state index contributed by atoms with van der Waals surface area (Å²) in [7, 11) is 0. The van der Waals surface area contributed by atoms with E-state index in [0.29, 0.717) is 10.9 Å². The van der Waals surface area contributed by atoms with Crippen LogP contribution in [-0.2, 0) is 9.59 Å². The van der Waals surface area contributed by atoms with E-state index in [9.17, 15) is 14.0 Å². The second kappa shape index (κ2) is 8.15. The SMILES string of the molecule is O=C(CC1SC(=Nc2cccc3ccccc23)N(C2CC2)C1=O)Nc1ccc(F)cc1. The summed E-state index contributed by atoms with van der Waals surface area (Å²) in [6.45, 7) is 0. The predicted molar refractivity (Wildman–Crippen MR) is 122 cm³/mol. The van der Waals surface area contributed by atoms with Gasteiger partial charge >= 0.3 is 0 Å². The Labute approximate surface area is 183 Å². The molecule has 0 bridgehead atoms. The van der Waals surface area contributed by atoms with E-state index in [4.69, 9.17) is 4.99 Å². The Bertz CT molecular complexity index is 1190. The van der Waals surface area contributed by atoms with Gasteiger partial charge in [0.15, 0.2) is 5.17 Å². The van der Waals surface area contributed by atoms with Gasteiger partial charge in [0.2, 0.25) is 11.8 Å². The second-order valence-corrected chi connectivity index (χ2v) is 8.87. The minimum absolute atomic E-state index is 0.0403. The number of carbonyl (C=O) groups is 2. The molecule has 0 radical (unpaired) electrons. The lowest BCUT2D eigenvalue weighted by atomic mass is 10.1. The van der Waals surface area contributed by atoms with Crippen molar-refractivity contribution >= 4 is 50.9 Å². The van der Waals surface area contributed by atoms with Crippen molar-refractivity contribution < 1.29 is 14.0 Å². The van der Waals surface area contributed by atoms with Crippen LogP contribution in [0.4, 0.5) is 15.8 Å². The molecule has 1 saturated carbocycles. The fourth-order valence-corrected chi connectivity index (χ4v) is 4.89. The molecule has 3 aromatic rings. The molecule has 156 valence electrons. The number of carbonyl (C=O) groups excluding carboxylic acids is 2. The van der Waals surface area contributed by atoms with Crippen LogP contribution in [0.3, 0.4) is 0 Å². The molecule has 2 fully saturated rings. The van der Waals surface area contributed by atoms with Crippen molar-refractivity contribution in [1.29, 1.82) is 0 Å². The van der Waals surface area contributed by atoms with Gasteiger partial charge in [0.25, 0.3) is 0 Å². The molecular formula is C24H20FN3O2S. The van der Waals surface area contributed by atoms with Crippen LogP contribution in [0.5, 0.6) is 0 Å². The lowest BCUT2D eigenvalue weighted by Gasteiger charge is -2.15. The van der Waals surface area contributed by atoms with Gasteiger partial charge in [-0.05, 0) is 48.6 Å². The molecule has 0 aromatic heterocycles. The summed E-state index contributed by atoms with van der Waals surface area (Å²) in [6, 6.07) is 19.7. The summed E-state index contributed by atoms with van der Waals surface area (Å²) in [5.74, 6) is -0.714. The maximum Gasteiger partial charge on any atom is 0.242 e. The molecule has 5 rings (SSSR count). The third kappa shape index (κ3) is 4.18. The van der Waals surface area contributed by atoms with Gasteiger partial charge in [0, 0.05) is 23.5 Å². The van der Waals surface area contributed by atoms with Gasteiger partial charge in [-0.1, -0.05) is 48.2 Å². The van der Waals surface area contributed by atoms with E-state index in [1.54, 1.807) is 4.90 Å². The van der Waals surface area contributed by atoms with Gasteiger partial charge in [0.05, 0.1) is 5.69 Å². The van der Waals surface area contributed by atoms with E-state index < -0.39 is 5.25 Å². The Morgan fingerprint density at radius 2 is 1.81 bits per heavy atom. The minimum atomic E-state index is -0.519. The van der Waals surface area contributed by atoms with Crippen LogP contribution < -0.4 is 5.32 Å². The first-order valence-electron chi connectivity index (χ1n) is 10.2. The van der Waals surface area contributed by atoms with Crippen LogP contribution in [0.1, 0.15) is 19.3 Å². The van der Waals surface area contributed by atoms with Crippen molar-refractivity contribution in [3.63, 3.8) is 0 Å². The fraction of sp³-hybridized carbons (Fsp3) is 0.208. The molecule has 5 nitrogen and oxygen atoms in total. The molecular weight excluding hydrogens is 413 g/mol. The minimum Gasteiger partial charge on any atom is -0.326 e. The molecule has 2 aliphatic rings. The Hall–Kier alpha value is -3.19. The van der Waals surface area contributed by atoms with Gasteiger partial charge in [-0.2, -0.15) is 0 Å². The smallest absolute Gasteiger partial charge is 0.242 e. The average molecular weight is 434 g/mol. The number of thioether (sulfide) groups is 1. The molecule has 31 heavy (non-hydrogen) atoms. The number of halogens is 1. The van der Waals surface area contributed by atoms with Crippen molar-refractivity contribution in [2.45, 2.75) is 30.6 Å². The summed E-state index contributed by atoms with van der Waals surface area (Å²) in [4.78, 5) is 32.2. The van der Waals surface area contributed by atoms with E-state index in [-0.39, 0.29) is 30.1 Å². The number of rotatable bonds is 5. The standard InChI is InChI=1S/C24H20FN3O2S/c25-16-8-10-17(11-9-16)26-22(29)14-21-23(30)28(18-12-13-18)24(31-21)27-20-7-3-5-15-4-1-2-6-19(15)20/h1-11,18,21H,12-14H2,(H,26,29). The molecule has 1 heterocycles.